The molecule has 0 aromatic heterocycles. The zero-order valence-corrected chi connectivity index (χ0v) is 12.1. The number of hydrogen-bond donors (Lipinski definition) is 1. The lowest BCUT2D eigenvalue weighted by Gasteiger charge is -2.30. The molecular formula is C17H26N2. The number of nitrogens with zero attached hydrogens (tertiary/aromatic N) is 1. The molecule has 2 atom stereocenters. The van der Waals surface area contributed by atoms with Crippen molar-refractivity contribution in [3.8, 4) is 0 Å². The van der Waals surface area contributed by atoms with E-state index in [1.54, 1.807) is 0 Å². The first-order valence-electron chi connectivity index (χ1n) is 7.88. The van der Waals surface area contributed by atoms with Crippen molar-refractivity contribution in [3.05, 3.63) is 29.8 Å². The molecule has 1 aromatic rings. The summed E-state index contributed by atoms with van der Waals surface area (Å²) in [7, 11) is 2.14. The van der Waals surface area contributed by atoms with Gasteiger partial charge in [-0.25, -0.2) is 0 Å². The maximum absolute atomic E-state index is 3.57. The lowest BCUT2D eigenvalue weighted by molar-refractivity contribution is 0.353. The second-order valence-electron chi connectivity index (χ2n) is 6.12. The Labute approximate surface area is 117 Å². The Morgan fingerprint density at radius 2 is 2.00 bits per heavy atom. The van der Waals surface area contributed by atoms with Crippen LogP contribution >= 0.6 is 0 Å². The summed E-state index contributed by atoms with van der Waals surface area (Å²) in [6.07, 6.45) is 8.22. The standard InChI is InChI=1S/C17H26N2/c1-18-16-9-4-2-3-8-15(16)13-19-12-11-14-7-5-6-10-17(14)19/h5-7,10,15-16,18H,2-4,8-9,11-13H2,1H3. The topological polar surface area (TPSA) is 15.3 Å². The van der Waals surface area contributed by atoms with Crippen molar-refractivity contribution in [2.75, 3.05) is 25.0 Å². The fourth-order valence-corrected chi connectivity index (χ4v) is 3.86. The lowest BCUT2D eigenvalue weighted by atomic mass is 9.94. The van der Waals surface area contributed by atoms with Crippen molar-refractivity contribution in [1.82, 2.24) is 5.32 Å². The average Bonchev–Trinajstić information content (AvgIpc) is 2.71. The van der Waals surface area contributed by atoms with E-state index in [9.17, 15) is 0 Å². The molecule has 3 rings (SSSR count). The fraction of sp³-hybridized carbons (Fsp3) is 0.647. The summed E-state index contributed by atoms with van der Waals surface area (Å²) in [6, 6.07) is 9.66. The molecule has 1 saturated carbocycles. The van der Waals surface area contributed by atoms with Crippen molar-refractivity contribution < 1.29 is 0 Å². The molecule has 1 fully saturated rings. The minimum atomic E-state index is 0.718. The number of para-hydroxylation sites is 1. The normalized spacial score (nSPS) is 27.1. The summed E-state index contributed by atoms with van der Waals surface area (Å²) in [6.45, 7) is 2.45. The van der Waals surface area contributed by atoms with Crippen molar-refractivity contribution >= 4 is 5.69 Å². The molecule has 0 bridgehead atoms. The molecule has 1 N–H and O–H groups in total. The highest BCUT2D eigenvalue weighted by Crippen LogP contribution is 2.31. The Bertz CT molecular complexity index is 415. The molecule has 1 aliphatic carbocycles. The quantitative estimate of drug-likeness (QED) is 0.838. The highest BCUT2D eigenvalue weighted by atomic mass is 15.2. The van der Waals surface area contributed by atoms with Gasteiger partial charge in [0.15, 0.2) is 0 Å². The van der Waals surface area contributed by atoms with Crippen molar-refractivity contribution in [1.29, 1.82) is 0 Å². The molecular weight excluding hydrogens is 232 g/mol. The Hall–Kier alpha value is -1.02. The number of fused-ring (bicyclic) bond motifs is 1. The van der Waals surface area contributed by atoms with E-state index in [1.807, 2.05) is 0 Å². The van der Waals surface area contributed by atoms with Gasteiger partial charge < -0.3 is 10.2 Å². The predicted octanol–water partition coefficient (Wildman–Crippen LogP) is 3.22. The summed E-state index contributed by atoms with van der Waals surface area (Å²) in [5.74, 6) is 0.818. The van der Waals surface area contributed by atoms with E-state index in [-0.39, 0.29) is 0 Å². The van der Waals surface area contributed by atoms with Crippen LogP contribution in [0.2, 0.25) is 0 Å². The second-order valence-corrected chi connectivity index (χ2v) is 6.12. The Kier molecular flexibility index (Phi) is 4.07. The average molecular weight is 258 g/mol. The first-order chi connectivity index (χ1) is 9.38. The summed E-state index contributed by atoms with van der Waals surface area (Å²) in [5, 5.41) is 3.57. The molecule has 0 saturated heterocycles. The van der Waals surface area contributed by atoms with E-state index in [0.717, 1.165) is 12.0 Å². The molecule has 19 heavy (non-hydrogen) atoms. The SMILES string of the molecule is CNC1CCCCCC1CN1CCc2ccccc21. The largest absolute Gasteiger partial charge is 0.371 e. The third-order valence-electron chi connectivity index (χ3n) is 4.97. The van der Waals surface area contributed by atoms with E-state index < -0.39 is 0 Å². The number of benzene rings is 1. The minimum Gasteiger partial charge on any atom is -0.371 e. The van der Waals surface area contributed by atoms with Crippen LogP contribution in [0.15, 0.2) is 24.3 Å². The van der Waals surface area contributed by atoms with Gasteiger partial charge in [0.2, 0.25) is 0 Å². The Morgan fingerprint density at radius 3 is 2.89 bits per heavy atom. The van der Waals surface area contributed by atoms with Crippen LogP contribution < -0.4 is 10.2 Å². The summed E-state index contributed by atoms with van der Waals surface area (Å²) in [5.41, 5.74) is 3.03. The predicted molar refractivity (Wildman–Crippen MR) is 81.8 cm³/mol. The van der Waals surface area contributed by atoms with Crippen molar-refractivity contribution in [3.63, 3.8) is 0 Å². The van der Waals surface area contributed by atoms with Gasteiger partial charge in [0.25, 0.3) is 0 Å². The van der Waals surface area contributed by atoms with E-state index in [2.05, 4.69) is 41.5 Å². The molecule has 2 nitrogen and oxygen atoms in total. The second kappa shape index (κ2) is 5.96. The molecule has 0 amide bonds. The molecule has 1 aromatic carbocycles. The maximum Gasteiger partial charge on any atom is 0.0399 e. The van der Waals surface area contributed by atoms with Crippen molar-refractivity contribution in [2.45, 2.75) is 44.6 Å². The minimum absolute atomic E-state index is 0.718. The van der Waals surface area contributed by atoms with Crippen LogP contribution in [-0.2, 0) is 6.42 Å². The fourth-order valence-electron chi connectivity index (χ4n) is 3.86. The van der Waals surface area contributed by atoms with E-state index in [4.69, 9.17) is 0 Å². The maximum atomic E-state index is 3.57. The zero-order valence-electron chi connectivity index (χ0n) is 12.1. The molecule has 0 spiro atoms. The Morgan fingerprint density at radius 1 is 1.16 bits per heavy atom. The highest BCUT2D eigenvalue weighted by molar-refractivity contribution is 5.57. The van der Waals surface area contributed by atoms with Crippen LogP contribution in [0.4, 0.5) is 5.69 Å². The molecule has 104 valence electrons. The van der Waals surface area contributed by atoms with E-state index in [1.165, 1.54) is 62.9 Å². The van der Waals surface area contributed by atoms with Gasteiger partial charge >= 0.3 is 0 Å². The first-order valence-corrected chi connectivity index (χ1v) is 7.88. The molecule has 2 aliphatic rings. The zero-order chi connectivity index (χ0) is 13.1. The smallest absolute Gasteiger partial charge is 0.0399 e. The van der Waals surface area contributed by atoms with Crippen LogP contribution in [0.3, 0.4) is 0 Å². The highest BCUT2D eigenvalue weighted by Gasteiger charge is 2.27. The van der Waals surface area contributed by atoms with Gasteiger partial charge in [-0.15, -0.1) is 0 Å². The number of nitrogens with one attached hydrogen (secondary N) is 1. The van der Waals surface area contributed by atoms with Gasteiger partial charge in [-0.2, -0.15) is 0 Å². The van der Waals surface area contributed by atoms with Gasteiger partial charge in [-0.1, -0.05) is 37.5 Å². The van der Waals surface area contributed by atoms with Gasteiger partial charge in [0.05, 0.1) is 0 Å². The van der Waals surface area contributed by atoms with Gasteiger partial charge in [-0.05, 0) is 43.9 Å². The molecule has 1 aliphatic heterocycles. The molecule has 2 unspecified atom stereocenters. The summed E-state index contributed by atoms with van der Waals surface area (Å²) >= 11 is 0. The van der Waals surface area contributed by atoms with Crippen LogP contribution in [0, 0.1) is 5.92 Å². The number of rotatable bonds is 3. The molecule has 2 heteroatoms. The summed E-state index contributed by atoms with van der Waals surface area (Å²) in [4.78, 5) is 2.62. The first kappa shape index (κ1) is 13.0. The third-order valence-corrected chi connectivity index (χ3v) is 4.97. The van der Waals surface area contributed by atoms with Gasteiger partial charge in [-0.3, -0.25) is 0 Å². The van der Waals surface area contributed by atoms with Gasteiger partial charge in [0, 0.05) is 24.8 Å². The molecule has 1 heterocycles. The Balaban J connectivity index is 1.70. The molecule has 0 radical (unpaired) electrons. The van der Waals surface area contributed by atoms with Crippen LogP contribution in [0.1, 0.15) is 37.7 Å². The van der Waals surface area contributed by atoms with Crippen LogP contribution in [0.25, 0.3) is 0 Å². The lowest BCUT2D eigenvalue weighted by Crippen LogP contribution is -2.40. The van der Waals surface area contributed by atoms with Crippen LogP contribution in [0.5, 0.6) is 0 Å². The van der Waals surface area contributed by atoms with E-state index >= 15 is 0 Å². The van der Waals surface area contributed by atoms with Gasteiger partial charge in [0.1, 0.15) is 0 Å². The number of hydrogen-bond acceptors (Lipinski definition) is 2. The van der Waals surface area contributed by atoms with E-state index in [0.29, 0.717) is 0 Å². The van der Waals surface area contributed by atoms with Crippen LogP contribution in [-0.4, -0.2) is 26.2 Å². The van der Waals surface area contributed by atoms with Crippen molar-refractivity contribution in [2.24, 2.45) is 5.92 Å². The third kappa shape index (κ3) is 2.79. The number of anilines is 1. The monoisotopic (exact) mass is 258 g/mol. The summed E-state index contributed by atoms with van der Waals surface area (Å²) < 4.78 is 0.